The molecule has 0 radical (unpaired) electrons. The van der Waals surface area contributed by atoms with E-state index in [-0.39, 0.29) is 10.6 Å². The van der Waals surface area contributed by atoms with Gasteiger partial charge >= 0.3 is 5.97 Å². The van der Waals surface area contributed by atoms with Gasteiger partial charge in [0.25, 0.3) is 5.91 Å². The summed E-state index contributed by atoms with van der Waals surface area (Å²) in [5.74, 6) is -1.28. The van der Waals surface area contributed by atoms with Crippen molar-refractivity contribution in [2.75, 3.05) is 26.0 Å². The van der Waals surface area contributed by atoms with Crippen LogP contribution in [0.5, 0.6) is 0 Å². The van der Waals surface area contributed by atoms with Gasteiger partial charge < -0.3 is 10.1 Å². The number of halogens is 1. The van der Waals surface area contributed by atoms with E-state index < -0.39 is 28.5 Å². The first kappa shape index (κ1) is 21.6. The molecule has 0 saturated heterocycles. The van der Waals surface area contributed by atoms with E-state index in [1.807, 2.05) is 0 Å². The molecule has 148 valence electrons. The smallest absolute Gasteiger partial charge is 0.331 e. The number of hydrogen-bond acceptors (Lipinski definition) is 5. The van der Waals surface area contributed by atoms with Crippen LogP contribution >= 0.6 is 11.6 Å². The average molecular weight is 423 g/mol. The molecule has 0 bridgehead atoms. The number of nitrogens with one attached hydrogen (secondary N) is 1. The SMILES string of the molecule is CN(C)S(=O)(=O)c1cccc(NC(=O)COC(=O)/C=C\c2ccc(Cl)cc2)c1. The van der Waals surface area contributed by atoms with Crippen molar-refractivity contribution in [1.29, 1.82) is 0 Å². The summed E-state index contributed by atoms with van der Waals surface area (Å²) >= 11 is 5.78. The van der Waals surface area contributed by atoms with E-state index in [4.69, 9.17) is 16.3 Å². The summed E-state index contributed by atoms with van der Waals surface area (Å²) in [7, 11) is -0.790. The molecular weight excluding hydrogens is 404 g/mol. The number of rotatable bonds is 7. The Bertz CT molecular complexity index is 986. The second-order valence-electron chi connectivity index (χ2n) is 5.86. The summed E-state index contributed by atoms with van der Waals surface area (Å²) in [6.45, 7) is -0.506. The highest BCUT2D eigenvalue weighted by Crippen LogP contribution is 2.18. The van der Waals surface area contributed by atoms with Gasteiger partial charge in [-0.05, 0) is 42.0 Å². The third-order valence-corrected chi connectivity index (χ3v) is 5.59. The van der Waals surface area contributed by atoms with Gasteiger partial charge in [-0.2, -0.15) is 0 Å². The highest BCUT2D eigenvalue weighted by atomic mass is 35.5. The van der Waals surface area contributed by atoms with Crippen LogP contribution in [0.25, 0.3) is 6.08 Å². The zero-order valence-electron chi connectivity index (χ0n) is 15.3. The molecule has 0 heterocycles. The molecule has 0 aliphatic carbocycles. The lowest BCUT2D eigenvalue weighted by Crippen LogP contribution is -2.23. The van der Waals surface area contributed by atoms with E-state index >= 15 is 0 Å². The first-order chi connectivity index (χ1) is 13.2. The number of carbonyl (C=O) groups excluding carboxylic acids is 2. The van der Waals surface area contributed by atoms with Crippen molar-refractivity contribution in [3.63, 3.8) is 0 Å². The van der Waals surface area contributed by atoms with Gasteiger partial charge in [0.15, 0.2) is 6.61 Å². The Hall–Kier alpha value is -2.68. The van der Waals surface area contributed by atoms with Crippen LogP contribution < -0.4 is 5.32 Å². The van der Waals surface area contributed by atoms with Crippen molar-refractivity contribution in [1.82, 2.24) is 4.31 Å². The lowest BCUT2D eigenvalue weighted by Gasteiger charge is -2.12. The zero-order chi connectivity index (χ0) is 20.7. The molecule has 0 fully saturated rings. The van der Waals surface area contributed by atoms with Gasteiger partial charge in [0.1, 0.15) is 0 Å². The van der Waals surface area contributed by atoms with Crippen LogP contribution in [-0.2, 0) is 24.3 Å². The highest BCUT2D eigenvalue weighted by molar-refractivity contribution is 7.89. The lowest BCUT2D eigenvalue weighted by molar-refractivity contribution is -0.142. The fourth-order valence-electron chi connectivity index (χ4n) is 2.07. The van der Waals surface area contributed by atoms with Crippen molar-refractivity contribution in [3.05, 3.63) is 65.2 Å². The number of benzene rings is 2. The normalized spacial score (nSPS) is 11.6. The van der Waals surface area contributed by atoms with Crippen LogP contribution in [0.1, 0.15) is 5.56 Å². The third-order valence-electron chi connectivity index (χ3n) is 3.52. The first-order valence-electron chi connectivity index (χ1n) is 8.11. The maximum atomic E-state index is 12.1. The number of esters is 1. The fraction of sp³-hybridized carbons (Fsp3) is 0.158. The van der Waals surface area contributed by atoms with Crippen LogP contribution in [0.3, 0.4) is 0 Å². The molecule has 0 aromatic heterocycles. The van der Waals surface area contributed by atoms with Crippen molar-refractivity contribution < 1.29 is 22.7 Å². The molecule has 9 heteroatoms. The topological polar surface area (TPSA) is 92.8 Å². The molecule has 0 aliphatic rings. The van der Waals surface area contributed by atoms with Gasteiger partial charge in [-0.25, -0.2) is 17.5 Å². The van der Waals surface area contributed by atoms with Crippen LogP contribution in [0.2, 0.25) is 5.02 Å². The van der Waals surface area contributed by atoms with Gasteiger partial charge in [-0.1, -0.05) is 29.8 Å². The Morgan fingerprint density at radius 3 is 2.46 bits per heavy atom. The Morgan fingerprint density at radius 2 is 1.82 bits per heavy atom. The predicted molar refractivity (Wildman–Crippen MR) is 107 cm³/mol. The van der Waals surface area contributed by atoms with Crippen LogP contribution in [-0.4, -0.2) is 45.3 Å². The second-order valence-corrected chi connectivity index (χ2v) is 8.44. The van der Waals surface area contributed by atoms with Gasteiger partial charge in [0, 0.05) is 30.9 Å². The molecule has 0 aliphatic heterocycles. The second kappa shape index (κ2) is 9.50. The van der Waals surface area contributed by atoms with E-state index in [9.17, 15) is 18.0 Å². The minimum atomic E-state index is -3.62. The minimum Gasteiger partial charge on any atom is -0.452 e. The largest absolute Gasteiger partial charge is 0.452 e. The summed E-state index contributed by atoms with van der Waals surface area (Å²) in [6.07, 6.45) is 2.73. The Kier molecular flexibility index (Phi) is 7.33. The predicted octanol–water partition coefficient (Wildman–Crippen LogP) is 2.79. The summed E-state index contributed by atoms with van der Waals surface area (Å²) in [4.78, 5) is 23.7. The van der Waals surface area contributed by atoms with E-state index in [2.05, 4.69) is 5.32 Å². The molecule has 0 unspecified atom stereocenters. The van der Waals surface area contributed by atoms with Gasteiger partial charge in [0.2, 0.25) is 10.0 Å². The van der Waals surface area contributed by atoms with Gasteiger partial charge in [0.05, 0.1) is 4.90 Å². The molecule has 2 aromatic carbocycles. The Morgan fingerprint density at radius 1 is 1.14 bits per heavy atom. The van der Waals surface area contributed by atoms with Crippen LogP contribution in [0.4, 0.5) is 5.69 Å². The molecule has 0 atom stereocenters. The quantitative estimate of drug-likeness (QED) is 0.547. The molecule has 7 nitrogen and oxygen atoms in total. The van der Waals surface area contributed by atoms with Crippen molar-refractivity contribution in [3.8, 4) is 0 Å². The first-order valence-corrected chi connectivity index (χ1v) is 9.93. The number of amides is 1. The van der Waals surface area contributed by atoms with Crippen LogP contribution in [0.15, 0.2) is 59.5 Å². The summed E-state index contributed by atoms with van der Waals surface area (Å²) in [5, 5.41) is 3.07. The third kappa shape index (κ3) is 6.19. The number of sulfonamides is 1. The summed E-state index contributed by atoms with van der Waals surface area (Å²) in [5.41, 5.74) is 1.03. The maximum Gasteiger partial charge on any atom is 0.331 e. The summed E-state index contributed by atoms with van der Waals surface area (Å²) in [6, 6.07) is 12.6. The Labute approximate surface area is 168 Å². The van der Waals surface area contributed by atoms with Crippen molar-refractivity contribution in [2.45, 2.75) is 4.90 Å². The van der Waals surface area contributed by atoms with E-state index in [1.165, 1.54) is 50.5 Å². The number of carbonyl (C=O) groups is 2. The molecule has 28 heavy (non-hydrogen) atoms. The maximum absolute atomic E-state index is 12.1. The molecule has 0 spiro atoms. The molecule has 2 aromatic rings. The molecule has 1 N–H and O–H groups in total. The van der Waals surface area contributed by atoms with Gasteiger partial charge in [-0.3, -0.25) is 4.79 Å². The lowest BCUT2D eigenvalue weighted by atomic mass is 10.2. The molecule has 1 amide bonds. The zero-order valence-corrected chi connectivity index (χ0v) is 16.8. The highest BCUT2D eigenvalue weighted by Gasteiger charge is 2.17. The number of ether oxygens (including phenoxy) is 1. The standard InChI is InChI=1S/C19H19ClN2O5S/c1-22(2)28(25,26)17-5-3-4-16(12-17)21-18(23)13-27-19(24)11-8-14-6-9-15(20)10-7-14/h3-12H,13H2,1-2H3,(H,21,23)/b11-8-. The number of nitrogens with zero attached hydrogens (tertiary/aromatic N) is 1. The number of anilines is 1. The average Bonchev–Trinajstić information content (AvgIpc) is 2.66. The summed E-state index contributed by atoms with van der Waals surface area (Å²) < 4.78 is 30.2. The van der Waals surface area contributed by atoms with E-state index in [0.29, 0.717) is 5.02 Å². The Balaban J connectivity index is 1.90. The van der Waals surface area contributed by atoms with E-state index in [0.717, 1.165) is 9.87 Å². The van der Waals surface area contributed by atoms with Crippen molar-refractivity contribution in [2.24, 2.45) is 0 Å². The number of hydrogen-bond donors (Lipinski definition) is 1. The van der Waals surface area contributed by atoms with Crippen molar-refractivity contribution >= 4 is 45.3 Å². The molecule has 2 rings (SSSR count). The molecular formula is C19H19ClN2O5S. The monoisotopic (exact) mass is 422 g/mol. The van der Waals surface area contributed by atoms with Crippen LogP contribution in [0, 0.1) is 0 Å². The molecule has 0 saturated carbocycles. The van der Waals surface area contributed by atoms with Gasteiger partial charge in [-0.15, -0.1) is 0 Å². The minimum absolute atomic E-state index is 0.0400. The fourth-order valence-corrected chi connectivity index (χ4v) is 3.14. The van der Waals surface area contributed by atoms with E-state index in [1.54, 1.807) is 24.3 Å².